The van der Waals surface area contributed by atoms with Gasteiger partial charge in [0.2, 0.25) is 0 Å². The molecular formula is C29H26. The third-order valence-electron chi connectivity index (χ3n) is 6.22. The van der Waals surface area contributed by atoms with Crippen LogP contribution in [0.4, 0.5) is 0 Å². The van der Waals surface area contributed by atoms with Crippen molar-refractivity contribution in [2.75, 3.05) is 0 Å². The lowest BCUT2D eigenvalue weighted by atomic mass is 9.80. The number of hydrogen-bond acceptors (Lipinski definition) is 0. The van der Waals surface area contributed by atoms with Crippen LogP contribution >= 0.6 is 0 Å². The summed E-state index contributed by atoms with van der Waals surface area (Å²) >= 11 is 0. The predicted octanol–water partition coefficient (Wildman–Crippen LogP) is 8.27. The van der Waals surface area contributed by atoms with Crippen molar-refractivity contribution in [1.82, 2.24) is 0 Å². The molecular weight excluding hydrogens is 348 g/mol. The molecule has 0 aromatic heterocycles. The monoisotopic (exact) mass is 374 g/mol. The van der Waals surface area contributed by atoms with Crippen LogP contribution in [0.1, 0.15) is 36.0 Å². The topological polar surface area (TPSA) is 0 Å². The van der Waals surface area contributed by atoms with Gasteiger partial charge in [-0.2, -0.15) is 0 Å². The molecule has 5 rings (SSSR count). The standard InChI is InChI=1S/C29H26/c1-19-8-13-22(14-9-19)28-24-6-4-5-7-25(24)29(23-15-10-20(2)11-16-23)27-18-21(3)12-17-26(27)28/h4-13,15-18,22H,14H2,1-3H3. The Bertz CT molecular complexity index is 1280. The zero-order valence-corrected chi connectivity index (χ0v) is 17.4. The molecule has 1 unspecified atom stereocenters. The first-order valence-electron chi connectivity index (χ1n) is 10.5. The van der Waals surface area contributed by atoms with Crippen LogP contribution in [0, 0.1) is 13.8 Å². The second-order valence-corrected chi connectivity index (χ2v) is 8.40. The Labute approximate surface area is 173 Å². The van der Waals surface area contributed by atoms with E-state index in [-0.39, 0.29) is 0 Å². The second kappa shape index (κ2) is 7.04. The van der Waals surface area contributed by atoms with Crippen molar-refractivity contribution in [1.29, 1.82) is 0 Å². The lowest BCUT2D eigenvalue weighted by Gasteiger charge is -2.23. The fraction of sp³-hybridized carbons (Fsp3) is 0.172. The van der Waals surface area contributed by atoms with Gasteiger partial charge in [-0.25, -0.2) is 0 Å². The number of allylic oxidation sites excluding steroid dienone is 4. The maximum atomic E-state index is 2.39. The van der Waals surface area contributed by atoms with Crippen LogP contribution in [0.15, 0.2) is 90.5 Å². The fourth-order valence-corrected chi connectivity index (χ4v) is 4.70. The van der Waals surface area contributed by atoms with Crippen molar-refractivity contribution in [3.63, 3.8) is 0 Å². The SMILES string of the molecule is CC1=CCC(c2c3ccccc3c(-c3ccc(C)cc3)c3cc(C)ccc23)C=C1. The third kappa shape index (κ3) is 3.09. The number of fused-ring (bicyclic) bond motifs is 2. The molecule has 0 spiro atoms. The Morgan fingerprint density at radius 2 is 1.38 bits per heavy atom. The molecule has 0 fully saturated rings. The van der Waals surface area contributed by atoms with Crippen LogP contribution in [0.5, 0.6) is 0 Å². The van der Waals surface area contributed by atoms with E-state index in [1.807, 2.05) is 0 Å². The molecule has 1 aliphatic carbocycles. The van der Waals surface area contributed by atoms with Crippen molar-refractivity contribution >= 4 is 21.5 Å². The minimum Gasteiger partial charge on any atom is -0.0807 e. The highest BCUT2D eigenvalue weighted by Gasteiger charge is 2.20. The van der Waals surface area contributed by atoms with E-state index >= 15 is 0 Å². The van der Waals surface area contributed by atoms with Gasteiger partial charge in [0, 0.05) is 5.92 Å². The van der Waals surface area contributed by atoms with Crippen LogP contribution in [-0.4, -0.2) is 0 Å². The first-order chi connectivity index (χ1) is 14.1. The van der Waals surface area contributed by atoms with Gasteiger partial charge >= 0.3 is 0 Å². The van der Waals surface area contributed by atoms with E-state index < -0.39 is 0 Å². The average molecular weight is 375 g/mol. The lowest BCUT2D eigenvalue weighted by molar-refractivity contribution is 0.860. The van der Waals surface area contributed by atoms with E-state index in [0.717, 1.165) is 6.42 Å². The van der Waals surface area contributed by atoms with E-state index in [0.29, 0.717) is 5.92 Å². The highest BCUT2D eigenvalue weighted by Crippen LogP contribution is 2.44. The average Bonchev–Trinajstić information content (AvgIpc) is 2.74. The molecule has 0 N–H and O–H groups in total. The van der Waals surface area contributed by atoms with Gasteiger partial charge in [0.1, 0.15) is 0 Å². The van der Waals surface area contributed by atoms with Gasteiger partial charge in [0.05, 0.1) is 0 Å². The molecule has 0 heteroatoms. The molecule has 29 heavy (non-hydrogen) atoms. The van der Waals surface area contributed by atoms with Gasteiger partial charge in [0.25, 0.3) is 0 Å². The van der Waals surface area contributed by atoms with Gasteiger partial charge < -0.3 is 0 Å². The van der Waals surface area contributed by atoms with Crippen LogP contribution in [-0.2, 0) is 0 Å². The number of rotatable bonds is 2. The Morgan fingerprint density at radius 1 is 0.690 bits per heavy atom. The van der Waals surface area contributed by atoms with E-state index in [4.69, 9.17) is 0 Å². The van der Waals surface area contributed by atoms with Gasteiger partial charge in [-0.1, -0.05) is 102 Å². The normalized spacial score (nSPS) is 16.4. The minimum absolute atomic E-state index is 0.417. The van der Waals surface area contributed by atoms with Crippen molar-refractivity contribution in [2.24, 2.45) is 0 Å². The van der Waals surface area contributed by atoms with E-state index in [2.05, 4.69) is 106 Å². The van der Waals surface area contributed by atoms with Gasteiger partial charge in [-0.3, -0.25) is 0 Å². The first kappa shape index (κ1) is 17.9. The zero-order chi connectivity index (χ0) is 20.0. The van der Waals surface area contributed by atoms with Crippen molar-refractivity contribution in [3.8, 4) is 11.1 Å². The molecule has 0 aliphatic heterocycles. The number of hydrogen-bond donors (Lipinski definition) is 0. The van der Waals surface area contributed by atoms with Crippen LogP contribution in [0.2, 0.25) is 0 Å². The largest absolute Gasteiger partial charge is 0.0807 e. The molecule has 0 heterocycles. The minimum atomic E-state index is 0.417. The molecule has 0 nitrogen and oxygen atoms in total. The van der Waals surface area contributed by atoms with Crippen LogP contribution in [0.25, 0.3) is 32.7 Å². The zero-order valence-electron chi connectivity index (χ0n) is 17.4. The Balaban J connectivity index is 1.91. The molecule has 1 aliphatic rings. The number of aryl methyl sites for hydroxylation is 2. The van der Waals surface area contributed by atoms with E-state index in [1.54, 1.807) is 0 Å². The smallest absolute Gasteiger partial charge is 0.00682 e. The summed E-state index contributed by atoms with van der Waals surface area (Å²) in [6.45, 7) is 6.53. The molecule has 0 amide bonds. The maximum absolute atomic E-state index is 2.39. The Kier molecular flexibility index (Phi) is 4.36. The molecule has 4 aromatic carbocycles. The molecule has 0 bridgehead atoms. The van der Waals surface area contributed by atoms with Gasteiger partial charge in [0.15, 0.2) is 0 Å². The summed E-state index contributed by atoms with van der Waals surface area (Å²) in [6.07, 6.45) is 8.10. The maximum Gasteiger partial charge on any atom is 0.00682 e. The molecule has 0 saturated carbocycles. The van der Waals surface area contributed by atoms with E-state index in [9.17, 15) is 0 Å². The van der Waals surface area contributed by atoms with Crippen LogP contribution in [0.3, 0.4) is 0 Å². The number of benzene rings is 4. The quantitative estimate of drug-likeness (QED) is 0.310. The summed E-state index contributed by atoms with van der Waals surface area (Å²) < 4.78 is 0. The molecule has 142 valence electrons. The molecule has 0 radical (unpaired) electrons. The highest BCUT2D eigenvalue weighted by molar-refractivity contribution is 6.15. The molecule has 4 aromatic rings. The van der Waals surface area contributed by atoms with Gasteiger partial charge in [-0.15, -0.1) is 0 Å². The summed E-state index contributed by atoms with van der Waals surface area (Å²) in [4.78, 5) is 0. The first-order valence-corrected chi connectivity index (χ1v) is 10.5. The van der Waals surface area contributed by atoms with Crippen molar-refractivity contribution in [3.05, 3.63) is 107 Å². The summed E-state index contributed by atoms with van der Waals surface area (Å²) in [5, 5.41) is 5.47. The highest BCUT2D eigenvalue weighted by atomic mass is 14.2. The third-order valence-corrected chi connectivity index (χ3v) is 6.22. The fourth-order valence-electron chi connectivity index (χ4n) is 4.70. The Hall–Kier alpha value is -3.12. The summed E-state index contributed by atoms with van der Waals surface area (Å²) in [6, 6.07) is 24.9. The summed E-state index contributed by atoms with van der Waals surface area (Å²) in [5.74, 6) is 0.417. The van der Waals surface area contributed by atoms with E-state index in [1.165, 1.54) is 54.9 Å². The molecule has 0 saturated heterocycles. The lowest BCUT2D eigenvalue weighted by Crippen LogP contribution is -2.02. The summed E-state index contributed by atoms with van der Waals surface area (Å²) in [7, 11) is 0. The van der Waals surface area contributed by atoms with Crippen molar-refractivity contribution in [2.45, 2.75) is 33.1 Å². The second-order valence-electron chi connectivity index (χ2n) is 8.40. The summed E-state index contributed by atoms with van der Waals surface area (Å²) in [5.41, 5.74) is 8.08. The van der Waals surface area contributed by atoms with Crippen LogP contribution < -0.4 is 0 Å². The predicted molar refractivity (Wildman–Crippen MR) is 127 cm³/mol. The van der Waals surface area contributed by atoms with Crippen molar-refractivity contribution < 1.29 is 0 Å². The Morgan fingerprint density at radius 3 is 2.10 bits per heavy atom. The van der Waals surface area contributed by atoms with Gasteiger partial charge in [-0.05, 0) is 65.4 Å². The molecule has 1 atom stereocenters.